The van der Waals surface area contributed by atoms with Crippen LogP contribution < -0.4 is 10.5 Å². The predicted octanol–water partition coefficient (Wildman–Crippen LogP) is 3.33. The zero-order valence-corrected chi connectivity index (χ0v) is 13.5. The number of hydrogen-bond donors (Lipinski definition) is 1. The van der Waals surface area contributed by atoms with Crippen molar-refractivity contribution < 1.29 is 27.1 Å². The summed E-state index contributed by atoms with van der Waals surface area (Å²) in [6.07, 6.45) is -3.46. The zero-order valence-electron chi connectivity index (χ0n) is 12.7. The van der Waals surface area contributed by atoms with Gasteiger partial charge in [-0.25, -0.2) is 0 Å². The molecular formula is C15H16ClF3N2O3. The number of alkyl halides is 3. The van der Waals surface area contributed by atoms with Crippen molar-refractivity contribution in [3.05, 3.63) is 53.5 Å². The van der Waals surface area contributed by atoms with Crippen LogP contribution in [0.3, 0.4) is 0 Å². The van der Waals surface area contributed by atoms with Gasteiger partial charge in [0.15, 0.2) is 0 Å². The molecule has 5 nitrogen and oxygen atoms in total. The van der Waals surface area contributed by atoms with Crippen LogP contribution in [0.4, 0.5) is 13.2 Å². The van der Waals surface area contributed by atoms with Gasteiger partial charge in [-0.3, -0.25) is 4.79 Å². The van der Waals surface area contributed by atoms with Crippen molar-refractivity contribution in [1.82, 2.24) is 4.90 Å². The van der Waals surface area contributed by atoms with E-state index < -0.39 is 6.36 Å². The van der Waals surface area contributed by atoms with Gasteiger partial charge in [-0.1, -0.05) is 12.1 Å². The van der Waals surface area contributed by atoms with Gasteiger partial charge in [0.2, 0.25) is 0 Å². The van der Waals surface area contributed by atoms with Crippen LogP contribution in [0.15, 0.2) is 41.0 Å². The van der Waals surface area contributed by atoms with Crippen LogP contribution in [0.1, 0.15) is 21.7 Å². The second-order valence-electron chi connectivity index (χ2n) is 4.86. The van der Waals surface area contributed by atoms with E-state index in [0.717, 1.165) is 0 Å². The van der Waals surface area contributed by atoms with E-state index in [9.17, 15) is 18.0 Å². The Bertz CT molecular complexity index is 689. The van der Waals surface area contributed by atoms with E-state index in [1.807, 2.05) is 0 Å². The van der Waals surface area contributed by atoms with Crippen LogP contribution in [0.2, 0.25) is 0 Å². The van der Waals surface area contributed by atoms with Crippen molar-refractivity contribution in [1.29, 1.82) is 0 Å². The highest BCUT2D eigenvalue weighted by Crippen LogP contribution is 2.24. The van der Waals surface area contributed by atoms with E-state index >= 15 is 0 Å². The third-order valence-corrected chi connectivity index (χ3v) is 3.00. The summed E-state index contributed by atoms with van der Waals surface area (Å²) < 4.78 is 45.6. The minimum Gasteiger partial charge on any atom is -0.467 e. The molecule has 2 aromatic rings. The van der Waals surface area contributed by atoms with Crippen molar-refractivity contribution in [2.24, 2.45) is 5.73 Å². The molecule has 1 aromatic carbocycles. The Balaban J connectivity index is 0.00000288. The van der Waals surface area contributed by atoms with Crippen molar-refractivity contribution in [2.75, 3.05) is 7.05 Å². The molecule has 1 aromatic heterocycles. The van der Waals surface area contributed by atoms with Gasteiger partial charge < -0.3 is 19.8 Å². The van der Waals surface area contributed by atoms with Crippen LogP contribution in [-0.4, -0.2) is 24.2 Å². The molecule has 0 bridgehead atoms. The van der Waals surface area contributed by atoms with E-state index in [4.69, 9.17) is 10.2 Å². The van der Waals surface area contributed by atoms with Gasteiger partial charge in [-0.2, -0.15) is 0 Å². The van der Waals surface area contributed by atoms with Crippen LogP contribution in [0, 0.1) is 0 Å². The molecule has 0 aliphatic rings. The lowest BCUT2D eigenvalue weighted by Crippen LogP contribution is -2.26. The monoisotopic (exact) mass is 364 g/mol. The number of nitrogens with two attached hydrogens (primary N) is 1. The van der Waals surface area contributed by atoms with Crippen molar-refractivity contribution >= 4 is 18.3 Å². The van der Waals surface area contributed by atoms with Crippen molar-refractivity contribution in [2.45, 2.75) is 19.5 Å². The summed E-state index contributed by atoms with van der Waals surface area (Å²) in [7, 11) is 1.54. The van der Waals surface area contributed by atoms with E-state index in [1.165, 1.54) is 42.5 Å². The molecule has 0 fully saturated rings. The summed E-state index contributed by atoms with van der Waals surface area (Å²) in [6.45, 7) is 0.296. The molecule has 0 radical (unpaired) electrons. The van der Waals surface area contributed by atoms with E-state index in [1.54, 1.807) is 6.07 Å². The second kappa shape index (κ2) is 8.07. The summed E-state index contributed by atoms with van der Waals surface area (Å²) in [6, 6.07) is 7.00. The average Bonchev–Trinajstić information content (AvgIpc) is 2.93. The molecule has 1 heterocycles. The molecular weight excluding hydrogens is 349 g/mol. The largest absolute Gasteiger partial charge is 0.573 e. The number of amides is 1. The minimum atomic E-state index is -4.75. The van der Waals surface area contributed by atoms with Gasteiger partial charge in [0.1, 0.15) is 17.8 Å². The van der Waals surface area contributed by atoms with Crippen molar-refractivity contribution in [3.63, 3.8) is 0 Å². The predicted molar refractivity (Wildman–Crippen MR) is 82.8 cm³/mol. The third kappa shape index (κ3) is 5.47. The van der Waals surface area contributed by atoms with Gasteiger partial charge in [-0.15, -0.1) is 25.6 Å². The Hall–Kier alpha value is -2.19. The maximum atomic E-state index is 12.2. The Morgan fingerprint density at radius 1 is 1.33 bits per heavy atom. The first kappa shape index (κ1) is 19.9. The number of rotatable bonds is 5. The third-order valence-electron chi connectivity index (χ3n) is 3.00. The lowest BCUT2D eigenvalue weighted by Gasteiger charge is -2.17. The van der Waals surface area contributed by atoms with E-state index in [-0.39, 0.29) is 37.2 Å². The normalized spacial score (nSPS) is 10.9. The molecule has 0 saturated heterocycles. The topological polar surface area (TPSA) is 68.7 Å². The Kier molecular flexibility index (Phi) is 6.68. The Labute approximate surface area is 142 Å². The van der Waals surface area contributed by atoms with Crippen LogP contribution >= 0.6 is 12.4 Å². The summed E-state index contributed by atoms with van der Waals surface area (Å²) in [4.78, 5) is 13.6. The van der Waals surface area contributed by atoms with Gasteiger partial charge in [0.25, 0.3) is 5.91 Å². The van der Waals surface area contributed by atoms with Gasteiger partial charge in [-0.05, 0) is 23.8 Å². The molecule has 0 aliphatic carbocycles. The molecule has 2 N–H and O–H groups in total. The Morgan fingerprint density at radius 2 is 2.04 bits per heavy atom. The number of nitrogens with zero attached hydrogens (tertiary/aromatic N) is 1. The fraction of sp³-hybridized carbons (Fsp3) is 0.267. The van der Waals surface area contributed by atoms with Gasteiger partial charge >= 0.3 is 6.36 Å². The average molecular weight is 365 g/mol. The summed E-state index contributed by atoms with van der Waals surface area (Å²) in [5, 5.41) is 0. The van der Waals surface area contributed by atoms with Crippen molar-refractivity contribution in [3.8, 4) is 5.75 Å². The van der Waals surface area contributed by atoms with Gasteiger partial charge in [0.05, 0.1) is 12.1 Å². The molecule has 0 unspecified atom stereocenters. The molecule has 2 rings (SSSR count). The quantitative estimate of drug-likeness (QED) is 0.883. The summed E-state index contributed by atoms with van der Waals surface area (Å²) in [5.74, 6) is -0.178. The first-order valence-electron chi connectivity index (χ1n) is 6.66. The molecule has 0 atom stereocenters. The highest BCUT2D eigenvalue weighted by Gasteiger charge is 2.31. The number of carbonyl (C=O) groups excluding carboxylic acids is 1. The SMILES string of the molecule is CN(Cc1cccc(OC(F)(F)F)c1)C(=O)c1coc(CN)c1.Cl. The Morgan fingerprint density at radius 3 is 2.62 bits per heavy atom. The lowest BCUT2D eigenvalue weighted by molar-refractivity contribution is -0.274. The smallest absolute Gasteiger partial charge is 0.467 e. The molecule has 1 amide bonds. The van der Waals surface area contributed by atoms with E-state index in [0.29, 0.717) is 16.9 Å². The number of carbonyl (C=O) groups is 1. The fourth-order valence-electron chi connectivity index (χ4n) is 2.01. The van der Waals surface area contributed by atoms with Crippen LogP contribution in [-0.2, 0) is 13.1 Å². The highest BCUT2D eigenvalue weighted by molar-refractivity contribution is 5.93. The van der Waals surface area contributed by atoms with Crippen LogP contribution in [0.25, 0.3) is 0 Å². The maximum absolute atomic E-state index is 12.2. The number of hydrogen-bond acceptors (Lipinski definition) is 4. The maximum Gasteiger partial charge on any atom is 0.573 e. The standard InChI is InChI=1S/C15H15F3N2O3.ClH/c1-20(14(21)11-6-13(7-19)22-9-11)8-10-3-2-4-12(5-10)23-15(16,17)18;/h2-6,9H,7-8,19H2,1H3;1H. The molecule has 0 aliphatic heterocycles. The fourth-order valence-corrected chi connectivity index (χ4v) is 2.01. The van der Waals surface area contributed by atoms with Crippen LogP contribution in [0.5, 0.6) is 5.75 Å². The summed E-state index contributed by atoms with van der Waals surface area (Å²) in [5.41, 5.74) is 6.24. The molecule has 0 saturated carbocycles. The van der Waals surface area contributed by atoms with Gasteiger partial charge in [0, 0.05) is 13.6 Å². The zero-order chi connectivity index (χ0) is 17.0. The number of halogens is 4. The number of furan rings is 1. The molecule has 132 valence electrons. The molecule has 0 spiro atoms. The molecule has 24 heavy (non-hydrogen) atoms. The number of ether oxygens (including phenoxy) is 1. The highest BCUT2D eigenvalue weighted by atomic mass is 35.5. The minimum absolute atomic E-state index is 0. The molecule has 9 heteroatoms. The number of benzene rings is 1. The first-order chi connectivity index (χ1) is 10.8. The summed E-state index contributed by atoms with van der Waals surface area (Å²) >= 11 is 0. The van der Waals surface area contributed by atoms with E-state index in [2.05, 4.69) is 4.74 Å². The first-order valence-corrected chi connectivity index (χ1v) is 6.66. The second-order valence-corrected chi connectivity index (χ2v) is 4.86. The lowest BCUT2D eigenvalue weighted by atomic mass is 10.2.